The number of carbonyl (C=O) groups excluding carboxylic acids is 1. The number of aromatic nitrogens is 2. The molecule has 37 heavy (non-hydrogen) atoms. The van der Waals surface area contributed by atoms with Crippen LogP contribution in [0.2, 0.25) is 0 Å². The van der Waals surface area contributed by atoms with Crippen molar-refractivity contribution in [2.24, 2.45) is 0 Å². The third-order valence-electron chi connectivity index (χ3n) is 6.23. The van der Waals surface area contributed by atoms with Crippen LogP contribution in [0.5, 0.6) is 11.5 Å². The van der Waals surface area contributed by atoms with Gasteiger partial charge >= 0.3 is 0 Å². The Kier molecular flexibility index (Phi) is 8.56. The van der Waals surface area contributed by atoms with E-state index in [4.69, 9.17) is 14.5 Å². The molecule has 0 aliphatic heterocycles. The number of unbranched alkanes of at least 4 members (excludes halogenated alkanes) is 1. The highest BCUT2D eigenvalue weighted by molar-refractivity contribution is 5.79. The lowest BCUT2D eigenvalue weighted by Gasteiger charge is -2.31. The average Bonchev–Trinajstić information content (AvgIpc) is 2.93. The number of rotatable bonds is 11. The van der Waals surface area contributed by atoms with E-state index in [1.165, 1.54) is 0 Å². The van der Waals surface area contributed by atoms with Gasteiger partial charge in [0, 0.05) is 6.54 Å². The first kappa shape index (κ1) is 25.9. The van der Waals surface area contributed by atoms with Crippen LogP contribution < -0.4 is 15.0 Å². The van der Waals surface area contributed by atoms with Gasteiger partial charge in [-0.05, 0) is 56.7 Å². The second-order valence-corrected chi connectivity index (χ2v) is 8.75. The van der Waals surface area contributed by atoms with Gasteiger partial charge in [-0.15, -0.1) is 0 Å². The SMILES string of the molecule is CCCCN(C(=O)COc1ccccc1)C(C)c1nc2ccccc2c(=O)n1-c1ccccc1OCC. The summed E-state index contributed by atoms with van der Waals surface area (Å²) in [6.07, 6.45) is 1.73. The highest BCUT2D eigenvalue weighted by Gasteiger charge is 2.27. The predicted molar refractivity (Wildman–Crippen MR) is 145 cm³/mol. The number of ether oxygens (including phenoxy) is 2. The molecular weight excluding hydrogens is 466 g/mol. The molecule has 0 N–H and O–H groups in total. The lowest BCUT2D eigenvalue weighted by atomic mass is 10.1. The Morgan fingerprint density at radius 2 is 1.65 bits per heavy atom. The van der Waals surface area contributed by atoms with Crippen molar-refractivity contribution < 1.29 is 14.3 Å². The first-order chi connectivity index (χ1) is 18.0. The van der Waals surface area contributed by atoms with Crippen LogP contribution in [0, 0.1) is 0 Å². The number of para-hydroxylation sites is 4. The highest BCUT2D eigenvalue weighted by atomic mass is 16.5. The normalized spacial score (nSPS) is 11.8. The minimum atomic E-state index is -0.495. The number of fused-ring (bicyclic) bond motifs is 1. The summed E-state index contributed by atoms with van der Waals surface area (Å²) in [5.74, 6) is 1.51. The Hall–Kier alpha value is -4.13. The molecule has 1 atom stereocenters. The van der Waals surface area contributed by atoms with Crippen LogP contribution in [-0.4, -0.2) is 40.1 Å². The van der Waals surface area contributed by atoms with E-state index in [9.17, 15) is 9.59 Å². The summed E-state index contributed by atoms with van der Waals surface area (Å²) in [4.78, 5) is 34.0. The summed E-state index contributed by atoms with van der Waals surface area (Å²) in [5.41, 5.74) is 0.976. The monoisotopic (exact) mass is 499 g/mol. The fourth-order valence-electron chi connectivity index (χ4n) is 4.33. The maximum atomic E-state index is 13.9. The molecule has 0 aliphatic carbocycles. The van der Waals surface area contributed by atoms with E-state index in [1.807, 2.05) is 86.6 Å². The summed E-state index contributed by atoms with van der Waals surface area (Å²) >= 11 is 0. The van der Waals surface area contributed by atoms with Crippen molar-refractivity contribution in [3.63, 3.8) is 0 Å². The first-order valence-corrected chi connectivity index (χ1v) is 12.8. The van der Waals surface area contributed by atoms with E-state index in [1.54, 1.807) is 15.5 Å². The van der Waals surface area contributed by atoms with E-state index in [2.05, 4.69) is 6.92 Å². The van der Waals surface area contributed by atoms with Crippen LogP contribution in [0.15, 0.2) is 83.7 Å². The van der Waals surface area contributed by atoms with Gasteiger partial charge in [0.25, 0.3) is 11.5 Å². The quantitative estimate of drug-likeness (QED) is 0.270. The van der Waals surface area contributed by atoms with E-state index >= 15 is 0 Å². The molecule has 0 spiro atoms. The molecule has 4 rings (SSSR count). The molecule has 7 nitrogen and oxygen atoms in total. The Bertz CT molecular complexity index is 1400. The van der Waals surface area contributed by atoms with Gasteiger partial charge in [0.15, 0.2) is 6.61 Å². The molecular formula is C30H33N3O4. The number of carbonyl (C=O) groups is 1. The lowest BCUT2D eigenvalue weighted by Crippen LogP contribution is -2.40. The van der Waals surface area contributed by atoms with Crippen LogP contribution in [0.3, 0.4) is 0 Å². The van der Waals surface area contributed by atoms with Gasteiger partial charge in [0.1, 0.15) is 17.3 Å². The van der Waals surface area contributed by atoms with Crippen molar-refractivity contribution in [2.75, 3.05) is 19.8 Å². The molecule has 1 amide bonds. The topological polar surface area (TPSA) is 73.7 Å². The number of benzene rings is 3. The second-order valence-electron chi connectivity index (χ2n) is 8.75. The zero-order valence-corrected chi connectivity index (χ0v) is 21.6. The molecule has 1 aromatic heterocycles. The summed E-state index contributed by atoms with van der Waals surface area (Å²) < 4.78 is 13.2. The molecule has 0 saturated heterocycles. The number of amides is 1. The average molecular weight is 500 g/mol. The molecule has 1 unspecified atom stereocenters. The van der Waals surface area contributed by atoms with E-state index in [0.29, 0.717) is 47.1 Å². The van der Waals surface area contributed by atoms with Crippen LogP contribution in [-0.2, 0) is 4.79 Å². The van der Waals surface area contributed by atoms with Crippen LogP contribution >= 0.6 is 0 Å². The van der Waals surface area contributed by atoms with Gasteiger partial charge in [0.2, 0.25) is 0 Å². The second kappa shape index (κ2) is 12.2. The lowest BCUT2D eigenvalue weighted by molar-refractivity contribution is -0.135. The Balaban J connectivity index is 1.80. The van der Waals surface area contributed by atoms with Crippen molar-refractivity contribution in [3.8, 4) is 17.2 Å². The van der Waals surface area contributed by atoms with Crippen molar-refractivity contribution >= 4 is 16.8 Å². The Morgan fingerprint density at radius 1 is 0.946 bits per heavy atom. The number of hydrogen-bond acceptors (Lipinski definition) is 5. The third kappa shape index (κ3) is 5.82. The minimum absolute atomic E-state index is 0.106. The molecule has 0 radical (unpaired) electrons. The van der Waals surface area contributed by atoms with Gasteiger partial charge in [-0.25, -0.2) is 4.98 Å². The summed E-state index contributed by atoms with van der Waals surface area (Å²) in [5, 5.41) is 0.503. The third-order valence-corrected chi connectivity index (χ3v) is 6.23. The molecule has 4 aromatic rings. The van der Waals surface area contributed by atoms with Crippen LogP contribution in [0.25, 0.3) is 16.6 Å². The molecule has 192 valence electrons. The molecule has 7 heteroatoms. The standard InChI is InChI=1S/C30H33N3O4/c1-4-6-20-32(28(34)21-37-23-14-8-7-9-15-23)22(3)29-31-25-17-11-10-16-24(25)30(35)33(29)26-18-12-13-19-27(26)36-5-2/h7-19,22H,4-6,20-21H2,1-3H3. The van der Waals surface area contributed by atoms with E-state index < -0.39 is 6.04 Å². The van der Waals surface area contributed by atoms with Gasteiger partial charge < -0.3 is 14.4 Å². The highest BCUT2D eigenvalue weighted by Crippen LogP contribution is 2.28. The van der Waals surface area contributed by atoms with Crippen molar-refractivity contribution in [1.82, 2.24) is 14.5 Å². The van der Waals surface area contributed by atoms with Crippen molar-refractivity contribution in [2.45, 2.75) is 39.7 Å². The van der Waals surface area contributed by atoms with Gasteiger partial charge in [-0.2, -0.15) is 0 Å². The maximum Gasteiger partial charge on any atom is 0.266 e. The first-order valence-electron chi connectivity index (χ1n) is 12.8. The molecule has 0 fully saturated rings. The fraction of sp³-hybridized carbons (Fsp3) is 0.300. The number of nitrogens with zero attached hydrogens (tertiary/aromatic N) is 3. The number of hydrogen-bond donors (Lipinski definition) is 0. The van der Waals surface area contributed by atoms with Gasteiger partial charge in [-0.3, -0.25) is 14.2 Å². The fourth-order valence-corrected chi connectivity index (χ4v) is 4.33. The predicted octanol–water partition coefficient (Wildman–Crippen LogP) is 5.55. The van der Waals surface area contributed by atoms with Gasteiger partial charge in [0.05, 0.1) is 29.2 Å². The van der Waals surface area contributed by atoms with Gasteiger partial charge in [-0.1, -0.05) is 55.8 Å². The summed E-state index contributed by atoms with van der Waals surface area (Å²) in [7, 11) is 0. The molecule has 0 bridgehead atoms. The molecule has 1 heterocycles. The van der Waals surface area contributed by atoms with Crippen molar-refractivity contribution in [1.29, 1.82) is 0 Å². The van der Waals surface area contributed by atoms with E-state index in [-0.39, 0.29) is 18.1 Å². The van der Waals surface area contributed by atoms with Crippen molar-refractivity contribution in [3.05, 3.63) is 95.0 Å². The molecule has 0 aliphatic rings. The van der Waals surface area contributed by atoms with E-state index in [0.717, 1.165) is 12.8 Å². The maximum absolute atomic E-state index is 13.9. The van der Waals surface area contributed by atoms with Crippen LogP contribution in [0.4, 0.5) is 0 Å². The summed E-state index contributed by atoms with van der Waals surface area (Å²) in [6.45, 7) is 6.76. The molecule has 3 aromatic carbocycles. The Labute approximate surface area is 217 Å². The minimum Gasteiger partial charge on any atom is -0.492 e. The smallest absolute Gasteiger partial charge is 0.266 e. The largest absolute Gasteiger partial charge is 0.492 e. The zero-order valence-electron chi connectivity index (χ0n) is 21.6. The molecule has 0 saturated carbocycles. The van der Waals surface area contributed by atoms with Crippen LogP contribution in [0.1, 0.15) is 45.5 Å². The Morgan fingerprint density at radius 3 is 2.41 bits per heavy atom. The zero-order chi connectivity index (χ0) is 26.2. The summed E-state index contributed by atoms with van der Waals surface area (Å²) in [6, 6.07) is 23.5.